The molecule has 2 rings (SSSR count). The first kappa shape index (κ1) is 15.8. The number of amides is 1. The summed E-state index contributed by atoms with van der Waals surface area (Å²) in [7, 11) is 1.80. The number of nitrogens with two attached hydrogens (primary N) is 1. The van der Waals surface area contributed by atoms with Gasteiger partial charge in [0, 0.05) is 11.9 Å². The minimum absolute atomic E-state index is 0.0113. The molecule has 1 aromatic heterocycles. The lowest BCUT2D eigenvalue weighted by atomic mass is 9.72. The highest BCUT2D eigenvalue weighted by Crippen LogP contribution is 2.40. The normalized spacial score (nSPS) is 20.0. The molecule has 3 N–H and O–H groups in total. The van der Waals surface area contributed by atoms with Gasteiger partial charge in [0.25, 0.3) is 0 Å². The number of carbonyl (C=O) groups is 1. The van der Waals surface area contributed by atoms with Crippen molar-refractivity contribution in [2.24, 2.45) is 16.3 Å². The van der Waals surface area contributed by atoms with Crippen molar-refractivity contribution in [1.29, 1.82) is 0 Å². The molecule has 1 unspecified atom stereocenters. The molecule has 1 heterocycles. The topological polar surface area (TPSA) is 78.9 Å². The first-order chi connectivity index (χ1) is 10.0. The molecule has 1 fully saturated rings. The summed E-state index contributed by atoms with van der Waals surface area (Å²) in [5.41, 5.74) is 5.06. The maximum absolute atomic E-state index is 13.0. The molecule has 5 nitrogen and oxygen atoms in total. The predicted molar refractivity (Wildman–Crippen MR) is 84.4 cm³/mol. The van der Waals surface area contributed by atoms with E-state index in [0.29, 0.717) is 12.8 Å². The summed E-state index contributed by atoms with van der Waals surface area (Å²) >= 11 is 1.63. The van der Waals surface area contributed by atoms with Gasteiger partial charge in [-0.25, -0.2) is 0 Å². The van der Waals surface area contributed by atoms with E-state index in [4.69, 9.17) is 10.9 Å². The summed E-state index contributed by atoms with van der Waals surface area (Å²) in [6.45, 7) is 2.01. The van der Waals surface area contributed by atoms with Crippen molar-refractivity contribution in [2.75, 3.05) is 7.05 Å². The fraction of sp³-hybridized carbons (Fsp3) is 0.600. The van der Waals surface area contributed by atoms with Gasteiger partial charge < -0.3 is 15.8 Å². The second kappa shape index (κ2) is 6.47. The molecule has 1 atom stereocenters. The first-order valence-corrected chi connectivity index (χ1v) is 8.19. The molecule has 1 aliphatic carbocycles. The quantitative estimate of drug-likeness (QED) is 0.388. The number of oxime groups is 1. The smallest absolute Gasteiger partial charge is 0.236 e. The van der Waals surface area contributed by atoms with Gasteiger partial charge in [-0.3, -0.25) is 4.79 Å². The van der Waals surface area contributed by atoms with Crippen LogP contribution in [0.25, 0.3) is 0 Å². The molecule has 0 radical (unpaired) electrons. The maximum atomic E-state index is 13.0. The third-order valence-corrected chi connectivity index (χ3v) is 5.61. The van der Waals surface area contributed by atoms with Crippen LogP contribution in [0.4, 0.5) is 0 Å². The average Bonchev–Trinajstić information content (AvgIpc) is 3.06. The Hall–Kier alpha value is -1.56. The van der Waals surface area contributed by atoms with Crippen LogP contribution in [0.15, 0.2) is 22.7 Å². The SMILES string of the molecule is CC(c1cccs1)N(C)C(=O)C1(C(N)=NO)CCCCC1. The van der Waals surface area contributed by atoms with Crippen LogP contribution in [-0.2, 0) is 4.79 Å². The summed E-state index contributed by atoms with van der Waals surface area (Å²) in [4.78, 5) is 15.9. The van der Waals surface area contributed by atoms with E-state index in [2.05, 4.69) is 5.16 Å². The van der Waals surface area contributed by atoms with E-state index in [9.17, 15) is 4.79 Å². The summed E-state index contributed by atoms with van der Waals surface area (Å²) in [5.74, 6) is 0.0100. The Bertz CT molecular complexity index is 507. The largest absolute Gasteiger partial charge is 0.409 e. The lowest BCUT2D eigenvalue weighted by Gasteiger charge is -2.39. The van der Waals surface area contributed by atoms with Gasteiger partial charge >= 0.3 is 0 Å². The molecule has 1 amide bonds. The van der Waals surface area contributed by atoms with Crippen LogP contribution >= 0.6 is 11.3 Å². The lowest BCUT2D eigenvalue weighted by molar-refractivity contribution is -0.140. The van der Waals surface area contributed by atoms with Crippen molar-refractivity contribution >= 4 is 23.1 Å². The van der Waals surface area contributed by atoms with Gasteiger partial charge in [0.15, 0.2) is 5.84 Å². The van der Waals surface area contributed by atoms with E-state index in [1.54, 1.807) is 23.3 Å². The van der Waals surface area contributed by atoms with Gasteiger partial charge in [0.1, 0.15) is 5.41 Å². The van der Waals surface area contributed by atoms with E-state index in [1.165, 1.54) is 0 Å². The number of amidine groups is 1. The molecule has 6 heteroatoms. The summed E-state index contributed by atoms with van der Waals surface area (Å²) in [5, 5.41) is 14.3. The van der Waals surface area contributed by atoms with Crippen LogP contribution in [0, 0.1) is 5.41 Å². The van der Waals surface area contributed by atoms with Crippen molar-refractivity contribution in [2.45, 2.75) is 45.1 Å². The molecule has 0 aromatic carbocycles. The summed E-state index contributed by atoms with van der Waals surface area (Å²) < 4.78 is 0. The van der Waals surface area contributed by atoms with Crippen LogP contribution in [-0.4, -0.2) is 28.9 Å². The van der Waals surface area contributed by atoms with Gasteiger partial charge in [0.05, 0.1) is 6.04 Å². The van der Waals surface area contributed by atoms with Crippen molar-refractivity contribution in [3.8, 4) is 0 Å². The van der Waals surface area contributed by atoms with Gasteiger partial charge in [-0.05, 0) is 31.2 Å². The second-order valence-electron chi connectivity index (χ2n) is 5.74. The van der Waals surface area contributed by atoms with Crippen molar-refractivity contribution in [1.82, 2.24) is 4.90 Å². The van der Waals surface area contributed by atoms with E-state index in [0.717, 1.165) is 24.1 Å². The van der Waals surface area contributed by atoms with Crippen molar-refractivity contribution < 1.29 is 10.0 Å². The van der Waals surface area contributed by atoms with E-state index in [-0.39, 0.29) is 17.8 Å². The Morgan fingerprint density at radius 3 is 2.67 bits per heavy atom. The highest BCUT2D eigenvalue weighted by molar-refractivity contribution is 7.10. The Balaban J connectivity index is 2.26. The zero-order valence-electron chi connectivity index (χ0n) is 12.6. The minimum Gasteiger partial charge on any atom is -0.409 e. The van der Waals surface area contributed by atoms with Gasteiger partial charge in [-0.2, -0.15) is 0 Å². The van der Waals surface area contributed by atoms with E-state index in [1.807, 2.05) is 24.4 Å². The monoisotopic (exact) mass is 309 g/mol. The molecule has 0 spiro atoms. The number of carbonyl (C=O) groups excluding carboxylic acids is 1. The molecule has 1 saturated carbocycles. The molecule has 21 heavy (non-hydrogen) atoms. The summed E-state index contributed by atoms with van der Waals surface area (Å²) in [6, 6.07) is 3.99. The van der Waals surface area contributed by atoms with Crippen LogP contribution in [0.1, 0.15) is 49.9 Å². The van der Waals surface area contributed by atoms with Crippen molar-refractivity contribution in [3.05, 3.63) is 22.4 Å². The van der Waals surface area contributed by atoms with Crippen molar-refractivity contribution in [3.63, 3.8) is 0 Å². The first-order valence-electron chi connectivity index (χ1n) is 7.31. The zero-order chi connectivity index (χ0) is 15.5. The molecule has 0 bridgehead atoms. The Morgan fingerprint density at radius 1 is 1.48 bits per heavy atom. The lowest BCUT2D eigenvalue weighted by Crippen LogP contribution is -2.51. The molecule has 1 aromatic rings. The Labute approximate surface area is 129 Å². The highest BCUT2D eigenvalue weighted by atomic mass is 32.1. The van der Waals surface area contributed by atoms with E-state index >= 15 is 0 Å². The number of rotatable bonds is 4. The van der Waals surface area contributed by atoms with Crippen LogP contribution in [0.2, 0.25) is 0 Å². The summed E-state index contributed by atoms with van der Waals surface area (Å²) in [6.07, 6.45) is 4.27. The van der Waals surface area contributed by atoms with Crippen LogP contribution in [0.3, 0.4) is 0 Å². The average molecular weight is 309 g/mol. The molecule has 0 aliphatic heterocycles. The third-order valence-electron chi connectivity index (χ3n) is 4.57. The van der Waals surface area contributed by atoms with Gasteiger partial charge in [-0.15, -0.1) is 11.3 Å². The zero-order valence-corrected chi connectivity index (χ0v) is 13.4. The Morgan fingerprint density at radius 2 is 2.14 bits per heavy atom. The number of hydrogen-bond acceptors (Lipinski definition) is 4. The third kappa shape index (κ3) is 2.90. The standard InChI is InChI=1S/C15H23N3O2S/c1-11(12-7-6-10-21-12)18(2)14(19)15(13(16)17-20)8-4-3-5-9-15/h6-7,10-11,20H,3-5,8-9H2,1-2H3,(H2,16,17). The molecule has 0 saturated heterocycles. The molecule has 116 valence electrons. The fourth-order valence-electron chi connectivity index (χ4n) is 3.06. The molecular weight excluding hydrogens is 286 g/mol. The minimum atomic E-state index is -0.840. The molecular formula is C15H23N3O2S. The van der Waals surface area contributed by atoms with Crippen LogP contribution < -0.4 is 5.73 Å². The number of hydrogen-bond donors (Lipinski definition) is 2. The van der Waals surface area contributed by atoms with Gasteiger partial charge in [0.2, 0.25) is 5.91 Å². The molecule has 1 aliphatic rings. The second-order valence-corrected chi connectivity index (χ2v) is 6.71. The number of nitrogens with zero attached hydrogens (tertiary/aromatic N) is 2. The fourth-order valence-corrected chi connectivity index (χ4v) is 3.89. The number of thiophene rings is 1. The predicted octanol–water partition coefficient (Wildman–Crippen LogP) is 2.96. The Kier molecular flexibility index (Phi) is 4.88. The highest BCUT2D eigenvalue weighted by Gasteiger charge is 2.46. The maximum Gasteiger partial charge on any atom is 0.236 e. The van der Waals surface area contributed by atoms with E-state index < -0.39 is 5.41 Å². The van der Waals surface area contributed by atoms with Gasteiger partial charge in [-0.1, -0.05) is 30.5 Å². The van der Waals surface area contributed by atoms with Crippen LogP contribution in [0.5, 0.6) is 0 Å².